The minimum Gasteiger partial charge on any atom is -0.497 e. The third-order valence-electron chi connectivity index (χ3n) is 3.39. The van der Waals surface area contributed by atoms with E-state index in [1.165, 1.54) is 7.11 Å². The van der Waals surface area contributed by atoms with E-state index in [4.69, 9.17) is 4.74 Å². The van der Waals surface area contributed by atoms with Gasteiger partial charge in [0.2, 0.25) is 5.91 Å². The van der Waals surface area contributed by atoms with Crippen LogP contribution >= 0.6 is 0 Å². The molecule has 0 bridgehead atoms. The molecule has 2 aromatic rings. The summed E-state index contributed by atoms with van der Waals surface area (Å²) in [5.74, 6) is -0.165. The fourth-order valence-corrected chi connectivity index (χ4v) is 2.14. The third-order valence-corrected chi connectivity index (χ3v) is 3.39. The highest BCUT2D eigenvalue weighted by atomic mass is 16.5. The van der Waals surface area contributed by atoms with Gasteiger partial charge in [-0.1, -0.05) is 30.3 Å². The fraction of sp³-hybridized carbons (Fsp3) is 0.222. The first-order valence-corrected chi connectivity index (χ1v) is 7.19. The predicted octanol–water partition coefficient (Wildman–Crippen LogP) is 2.79. The lowest BCUT2D eigenvalue weighted by atomic mass is 10.1. The Morgan fingerprint density at radius 2 is 1.61 bits per heavy atom. The van der Waals surface area contributed by atoms with Gasteiger partial charge < -0.3 is 14.4 Å². The lowest BCUT2D eigenvalue weighted by Gasteiger charge is -2.23. The Kier molecular flexibility index (Phi) is 5.74. The zero-order valence-corrected chi connectivity index (χ0v) is 13.2. The highest BCUT2D eigenvalue weighted by Gasteiger charge is 2.19. The van der Waals surface area contributed by atoms with Gasteiger partial charge in [-0.15, -0.1) is 0 Å². The molecule has 0 spiro atoms. The Balaban J connectivity index is 2.25. The van der Waals surface area contributed by atoms with Gasteiger partial charge in [0.05, 0.1) is 20.8 Å². The average Bonchev–Trinajstić information content (AvgIpc) is 2.60. The van der Waals surface area contributed by atoms with Gasteiger partial charge in [0.1, 0.15) is 12.2 Å². The third kappa shape index (κ3) is 4.57. The van der Waals surface area contributed by atoms with E-state index in [1.807, 2.05) is 30.3 Å². The molecule has 120 valence electrons. The van der Waals surface area contributed by atoms with Crippen molar-refractivity contribution >= 4 is 17.6 Å². The molecule has 5 heteroatoms. The zero-order chi connectivity index (χ0) is 16.7. The van der Waals surface area contributed by atoms with E-state index in [2.05, 4.69) is 4.74 Å². The van der Waals surface area contributed by atoms with Gasteiger partial charge >= 0.3 is 5.97 Å². The van der Waals surface area contributed by atoms with Crippen LogP contribution in [0, 0.1) is 0 Å². The molecule has 1 amide bonds. The molecule has 0 unspecified atom stereocenters. The van der Waals surface area contributed by atoms with Crippen molar-refractivity contribution in [3.63, 3.8) is 0 Å². The van der Waals surface area contributed by atoms with Crippen LogP contribution in [-0.2, 0) is 20.9 Å². The number of methoxy groups -OCH3 is 2. The van der Waals surface area contributed by atoms with Gasteiger partial charge in [0.25, 0.3) is 0 Å². The van der Waals surface area contributed by atoms with E-state index in [1.54, 1.807) is 36.3 Å². The summed E-state index contributed by atoms with van der Waals surface area (Å²) in [7, 11) is 2.85. The molecule has 0 aromatic heterocycles. The van der Waals surface area contributed by atoms with Crippen molar-refractivity contribution < 1.29 is 19.1 Å². The highest BCUT2D eigenvalue weighted by Crippen LogP contribution is 2.22. The first-order chi connectivity index (χ1) is 11.1. The lowest BCUT2D eigenvalue weighted by molar-refractivity contribution is -0.143. The highest BCUT2D eigenvalue weighted by molar-refractivity contribution is 6.03. The second-order valence-electron chi connectivity index (χ2n) is 4.92. The molecular weight excluding hydrogens is 294 g/mol. The summed E-state index contributed by atoms with van der Waals surface area (Å²) >= 11 is 0. The van der Waals surface area contributed by atoms with Gasteiger partial charge in [0.15, 0.2) is 0 Å². The van der Waals surface area contributed by atoms with Crippen molar-refractivity contribution in [2.24, 2.45) is 0 Å². The topological polar surface area (TPSA) is 55.8 Å². The number of anilines is 1. The smallest absolute Gasteiger partial charge is 0.315 e. The lowest BCUT2D eigenvalue weighted by Crippen LogP contribution is -2.32. The van der Waals surface area contributed by atoms with E-state index >= 15 is 0 Å². The van der Waals surface area contributed by atoms with Crippen molar-refractivity contribution in [1.29, 1.82) is 0 Å². The Labute approximate surface area is 135 Å². The Morgan fingerprint density at radius 3 is 2.17 bits per heavy atom. The number of benzene rings is 2. The SMILES string of the molecule is COC(=O)CC(=O)N(Cc1ccccc1)c1ccc(OC)cc1. The minimum absolute atomic E-state index is 0.296. The molecule has 2 rings (SSSR count). The first kappa shape index (κ1) is 16.5. The van der Waals surface area contributed by atoms with Crippen LogP contribution in [0.4, 0.5) is 5.69 Å². The molecule has 0 radical (unpaired) electrons. The van der Waals surface area contributed by atoms with Gasteiger partial charge in [-0.2, -0.15) is 0 Å². The van der Waals surface area contributed by atoms with E-state index in [9.17, 15) is 9.59 Å². The summed E-state index contributed by atoms with van der Waals surface area (Å²) < 4.78 is 9.72. The summed E-state index contributed by atoms with van der Waals surface area (Å²) in [5.41, 5.74) is 1.67. The maximum absolute atomic E-state index is 12.5. The monoisotopic (exact) mass is 313 g/mol. The molecule has 23 heavy (non-hydrogen) atoms. The Bertz CT molecular complexity index is 652. The Hall–Kier alpha value is -2.82. The van der Waals surface area contributed by atoms with Gasteiger partial charge in [-0.25, -0.2) is 0 Å². The maximum atomic E-state index is 12.5. The normalized spacial score (nSPS) is 10.0. The molecule has 5 nitrogen and oxygen atoms in total. The molecule has 2 aromatic carbocycles. The molecule has 0 aliphatic heterocycles. The Morgan fingerprint density at radius 1 is 0.957 bits per heavy atom. The number of hydrogen-bond acceptors (Lipinski definition) is 4. The number of ether oxygens (including phenoxy) is 2. The van der Waals surface area contributed by atoms with Crippen molar-refractivity contribution in [2.45, 2.75) is 13.0 Å². The molecule has 0 atom stereocenters. The van der Waals surface area contributed by atoms with Gasteiger partial charge in [-0.3, -0.25) is 9.59 Å². The molecule has 0 aliphatic rings. The summed E-state index contributed by atoms with van der Waals surface area (Å²) in [6, 6.07) is 16.7. The average molecular weight is 313 g/mol. The van der Waals surface area contributed by atoms with Crippen LogP contribution in [0.15, 0.2) is 54.6 Å². The minimum atomic E-state index is -0.554. The first-order valence-electron chi connectivity index (χ1n) is 7.19. The fourth-order valence-electron chi connectivity index (χ4n) is 2.14. The van der Waals surface area contributed by atoms with Crippen LogP contribution in [0.5, 0.6) is 5.75 Å². The summed E-state index contributed by atoms with van der Waals surface area (Å²) in [6.07, 6.45) is -0.296. The van der Waals surface area contributed by atoms with Crippen LogP contribution in [0.1, 0.15) is 12.0 Å². The van der Waals surface area contributed by atoms with Crippen molar-refractivity contribution in [2.75, 3.05) is 19.1 Å². The van der Waals surface area contributed by atoms with E-state index in [0.29, 0.717) is 18.0 Å². The second kappa shape index (κ2) is 7.98. The largest absolute Gasteiger partial charge is 0.497 e. The number of esters is 1. The maximum Gasteiger partial charge on any atom is 0.315 e. The molecule has 0 heterocycles. The van der Waals surface area contributed by atoms with Crippen molar-refractivity contribution in [1.82, 2.24) is 0 Å². The quantitative estimate of drug-likeness (QED) is 0.608. The van der Waals surface area contributed by atoms with Crippen LogP contribution in [0.3, 0.4) is 0 Å². The standard InChI is InChI=1S/C18H19NO4/c1-22-16-10-8-15(9-11-16)19(17(20)12-18(21)23-2)13-14-6-4-3-5-7-14/h3-11H,12-13H2,1-2H3. The summed E-state index contributed by atoms with van der Waals surface area (Å²) in [6.45, 7) is 0.378. The van der Waals surface area contributed by atoms with Crippen molar-refractivity contribution in [3.05, 3.63) is 60.2 Å². The number of hydrogen-bond donors (Lipinski definition) is 0. The van der Waals surface area contributed by atoms with Crippen LogP contribution in [0.2, 0.25) is 0 Å². The van der Waals surface area contributed by atoms with Crippen LogP contribution < -0.4 is 9.64 Å². The second-order valence-corrected chi connectivity index (χ2v) is 4.92. The van der Waals surface area contributed by atoms with Crippen LogP contribution in [0.25, 0.3) is 0 Å². The van der Waals surface area contributed by atoms with Crippen molar-refractivity contribution in [3.8, 4) is 5.75 Å². The number of carbonyl (C=O) groups is 2. The number of carbonyl (C=O) groups excluding carboxylic acids is 2. The molecule has 0 fully saturated rings. The van der Waals surface area contributed by atoms with E-state index in [-0.39, 0.29) is 12.3 Å². The van der Waals surface area contributed by atoms with E-state index < -0.39 is 5.97 Å². The molecule has 0 N–H and O–H groups in total. The predicted molar refractivity (Wildman–Crippen MR) is 87.3 cm³/mol. The van der Waals surface area contributed by atoms with E-state index in [0.717, 1.165) is 5.56 Å². The molecule has 0 saturated carbocycles. The van der Waals surface area contributed by atoms with Crippen LogP contribution in [-0.4, -0.2) is 26.1 Å². The molecule has 0 saturated heterocycles. The number of amides is 1. The molecular formula is C18H19NO4. The van der Waals surface area contributed by atoms with Gasteiger partial charge in [-0.05, 0) is 29.8 Å². The summed E-state index contributed by atoms with van der Waals surface area (Å²) in [4.78, 5) is 25.4. The zero-order valence-electron chi connectivity index (χ0n) is 13.2. The summed E-state index contributed by atoms with van der Waals surface area (Å²) in [5, 5.41) is 0. The number of rotatable bonds is 6. The number of nitrogens with zero attached hydrogens (tertiary/aromatic N) is 1. The van der Waals surface area contributed by atoms with Gasteiger partial charge in [0, 0.05) is 5.69 Å². The molecule has 0 aliphatic carbocycles.